The average Bonchev–Trinajstić information content (AvgIpc) is 3.38. The Bertz CT molecular complexity index is 3690. The lowest BCUT2D eigenvalue weighted by Gasteiger charge is -2.19. The van der Waals surface area contributed by atoms with Gasteiger partial charge in [0.2, 0.25) is 0 Å². The third kappa shape index (κ3) is 6.61. The van der Waals surface area contributed by atoms with Crippen molar-refractivity contribution in [1.29, 1.82) is 0 Å². The summed E-state index contributed by atoms with van der Waals surface area (Å²) in [6.45, 7) is 0. The third-order valence-corrected chi connectivity index (χ3v) is 12.7. The maximum Gasteiger partial charge on any atom is 0.160 e. The van der Waals surface area contributed by atoms with Gasteiger partial charge in [-0.3, -0.25) is 0 Å². The van der Waals surface area contributed by atoms with Crippen molar-refractivity contribution in [3.05, 3.63) is 243 Å². The first-order chi connectivity index (χ1) is 31.7. The number of hydrogen-bond donors (Lipinski definition) is 0. The smallest absolute Gasteiger partial charge is 0.160 e. The zero-order valence-corrected chi connectivity index (χ0v) is 35.0. The minimum absolute atomic E-state index is 0.704. The summed E-state index contributed by atoms with van der Waals surface area (Å²) in [6.07, 6.45) is 0. The minimum Gasteiger partial charge on any atom is -0.228 e. The Hall–Kier alpha value is -8.46. The monoisotopic (exact) mass is 812 g/mol. The number of nitrogens with zero attached hydrogens (tertiary/aromatic N) is 2. The zero-order valence-electron chi connectivity index (χ0n) is 35.0. The molecule has 0 unspecified atom stereocenters. The molecule has 0 aliphatic carbocycles. The van der Waals surface area contributed by atoms with E-state index in [1.165, 1.54) is 70.9 Å². The van der Waals surface area contributed by atoms with E-state index < -0.39 is 0 Å². The van der Waals surface area contributed by atoms with E-state index in [0.29, 0.717) is 5.82 Å². The summed E-state index contributed by atoms with van der Waals surface area (Å²) in [7, 11) is 0. The largest absolute Gasteiger partial charge is 0.228 e. The first kappa shape index (κ1) is 37.3. The molecule has 2 heteroatoms. The van der Waals surface area contributed by atoms with E-state index in [0.717, 1.165) is 44.8 Å². The molecule has 11 aromatic carbocycles. The van der Waals surface area contributed by atoms with Gasteiger partial charge in [0.1, 0.15) is 0 Å². The van der Waals surface area contributed by atoms with Crippen molar-refractivity contribution in [3.63, 3.8) is 0 Å². The molecule has 0 saturated heterocycles. The Balaban J connectivity index is 0.938. The fourth-order valence-electron chi connectivity index (χ4n) is 9.60. The van der Waals surface area contributed by atoms with Crippen LogP contribution in [0.4, 0.5) is 0 Å². The molecule has 0 fully saturated rings. The van der Waals surface area contributed by atoms with Crippen LogP contribution in [0.15, 0.2) is 243 Å². The van der Waals surface area contributed by atoms with Gasteiger partial charge in [0.05, 0.1) is 11.4 Å². The van der Waals surface area contributed by atoms with E-state index in [4.69, 9.17) is 9.97 Å². The molecule has 0 saturated carbocycles. The Morgan fingerprint density at radius 3 is 1.45 bits per heavy atom. The van der Waals surface area contributed by atoms with Gasteiger partial charge in [-0.2, -0.15) is 0 Å². The number of hydrogen-bond acceptors (Lipinski definition) is 2. The molecule has 12 rings (SSSR count). The number of fused-ring (bicyclic) bond motifs is 5. The Morgan fingerprint density at radius 1 is 0.234 bits per heavy atom. The van der Waals surface area contributed by atoms with Gasteiger partial charge in [0, 0.05) is 16.7 Å². The molecule has 12 aromatic rings. The second-order valence-corrected chi connectivity index (χ2v) is 16.5. The van der Waals surface area contributed by atoms with E-state index in [1.807, 2.05) is 18.2 Å². The standard InChI is InChI=1S/C62H40N2/c1-4-16-42(17-5-1)51-23-12-13-25-53(51)58-40-57(63-62(64-58)46-21-8-3-9-22-46)44-30-28-41(29-31-44)47-32-33-49-39-50(35-34-48(49)38-47)60-55-27-15-14-26-54(55)59(45-19-6-2-7-20-45)56-37-36-43-18-10-11-24-52(43)61(56)60/h1-40H. The van der Waals surface area contributed by atoms with Gasteiger partial charge in [0.25, 0.3) is 0 Å². The summed E-state index contributed by atoms with van der Waals surface area (Å²) in [4.78, 5) is 10.3. The topological polar surface area (TPSA) is 25.8 Å². The van der Waals surface area contributed by atoms with E-state index >= 15 is 0 Å². The van der Waals surface area contributed by atoms with E-state index in [-0.39, 0.29) is 0 Å². The number of rotatable bonds is 7. The highest BCUT2D eigenvalue weighted by molar-refractivity contribution is 6.28. The summed E-state index contributed by atoms with van der Waals surface area (Å²) >= 11 is 0. The van der Waals surface area contributed by atoms with Crippen LogP contribution in [0.5, 0.6) is 0 Å². The fraction of sp³-hybridized carbons (Fsp3) is 0. The quantitative estimate of drug-likeness (QED) is 0.118. The predicted molar refractivity (Wildman–Crippen MR) is 270 cm³/mol. The van der Waals surface area contributed by atoms with Gasteiger partial charge >= 0.3 is 0 Å². The van der Waals surface area contributed by atoms with E-state index in [2.05, 4.69) is 224 Å². The molecule has 0 atom stereocenters. The molecule has 0 spiro atoms. The molecule has 1 aromatic heterocycles. The molecule has 298 valence electrons. The SMILES string of the molecule is c1ccc(-c2nc(-c3ccc(-c4ccc5cc(-c6c7ccccc7c(-c7ccccc7)c7ccc8ccccc8c67)ccc5c4)cc3)cc(-c3ccccc3-c3ccccc3)n2)cc1. The lowest BCUT2D eigenvalue weighted by Crippen LogP contribution is -1.97. The lowest BCUT2D eigenvalue weighted by molar-refractivity contribution is 1.18. The third-order valence-electron chi connectivity index (χ3n) is 12.7. The Kier molecular flexibility index (Phi) is 9.20. The van der Waals surface area contributed by atoms with Gasteiger partial charge in [0.15, 0.2) is 5.82 Å². The molecule has 0 aliphatic heterocycles. The highest BCUT2D eigenvalue weighted by Gasteiger charge is 2.19. The van der Waals surface area contributed by atoms with Gasteiger partial charge in [-0.1, -0.05) is 224 Å². The summed E-state index contributed by atoms with van der Waals surface area (Å²) in [6, 6.07) is 87.2. The average molecular weight is 813 g/mol. The van der Waals surface area contributed by atoms with Gasteiger partial charge < -0.3 is 0 Å². The van der Waals surface area contributed by atoms with Crippen molar-refractivity contribution in [3.8, 4) is 78.4 Å². The highest BCUT2D eigenvalue weighted by Crippen LogP contribution is 2.47. The predicted octanol–water partition coefficient (Wildman–Crippen LogP) is 16.8. The van der Waals surface area contributed by atoms with Gasteiger partial charge in [-0.25, -0.2) is 9.97 Å². The summed E-state index contributed by atoms with van der Waals surface area (Å²) in [5.41, 5.74) is 14.5. The van der Waals surface area contributed by atoms with Crippen LogP contribution in [0.1, 0.15) is 0 Å². The second kappa shape index (κ2) is 15.8. The van der Waals surface area contributed by atoms with Crippen LogP contribution in [-0.4, -0.2) is 9.97 Å². The van der Waals surface area contributed by atoms with Crippen LogP contribution < -0.4 is 0 Å². The lowest BCUT2D eigenvalue weighted by atomic mass is 9.83. The number of aromatic nitrogens is 2. The molecule has 0 bridgehead atoms. The maximum absolute atomic E-state index is 5.15. The van der Waals surface area contributed by atoms with Crippen molar-refractivity contribution < 1.29 is 0 Å². The molecule has 64 heavy (non-hydrogen) atoms. The summed E-state index contributed by atoms with van der Waals surface area (Å²) in [5.74, 6) is 0.704. The van der Waals surface area contributed by atoms with Crippen molar-refractivity contribution in [1.82, 2.24) is 9.97 Å². The van der Waals surface area contributed by atoms with Crippen LogP contribution in [0.3, 0.4) is 0 Å². The van der Waals surface area contributed by atoms with Crippen LogP contribution in [0.25, 0.3) is 122 Å². The second-order valence-electron chi connectivity index (χ2n) is 16.5. The van der Waals surface area contributed by atoms with Crippen molar-refractivity contribution in [2.75, 3.05) is 0 Å². The maximum atomic E-state index is 5.15. The molecule has 0 amide bonds. The van der Waals surface area contributed by atoms with Crippen LogP contribution in [0, 0.1) is 0 Å². The molecule has 2 nitrogen and oxygen atoms in total. The molecule has 1 heterocycles. The summed E-state index contributed by atoms with van der Waals surface area (Å²) < 4.78 is 0. The Morgan fingerprint density at radius 2 is 0.734 bits per heavy atom. The van der Waals surface area contributed by atoms with Gasteiger partial charge in [-0.15, -0.1) is 0 Å². The zero-order chi connectivity index (χ0) is 42.4. The highest BCUT2D eigenvalue weighted by atomic mass is 14.9. The molecule has 0 aliphatic rings. The first-order valence-electron chi connectivity index (χ1n) is 21.9. The molecular weight excluding hydrogens is 773 g/mol. The fourth-order valence-corrected chi connectivity index (χ4v) is 9.60. The van der Waals surface area contributed by atoms with E-state index in [9.17, 15) is 0 Å². The van der Waals surface area contributed by atoms with Crippen molar-refractivity contribution >= 4 is 43.1 Å². The van der Waals surface area contributed by atoms with Gasteiger partial charge in [-0.05, 0) is 106 Å². The molecular formula is C62H40N2. The van der Waals surface area contributed by atoms with Crippen LogP contribution >= 0.6 is 0 Å². The van der Waals surface area contributed by atoms with Crippen molar-refractivity contribution in [2.24, 2.45) is 0 Å². The summed E-state index contributed by atoms with van der Waals surface area (Å²) in [5, 5.41) is 10.00. The molecule has 0 N–H and O–H groups in total. The number of benzene rings is 11. The van der Waals surface area contributed by atoms with Crippen LogP contribution in [-0.2, 0) is 0 Å². The normalized spacial score (nSPS) is 11.4. The minimum atomic E-state index is 0.704. The molecule has 0 radical (unpaired) electrons. The van der Waals surface area contributed by atoms with E-state index in [1.54, 1.807) is 0 Å². The van der Waals surface area contributed by atoms with Crippen molar-refractivity contribution in [2.45, 2.75) is 0 Å². The first-order valence-corrected chi connectivity index (χ1v) is 21.9. The Labute approximate surface area is 372 Å². The van der Waals surface area contributed by atoms with Crippen LogP contribution in [0.2, 0.25) is 0 Å².